The summed E-state index contributed by atoms with van der Waals surface area (Å²) in [4.78, 5) is 8.31. The zero-order chi connectivity index (χ0) is 11.4. The number of hydrogen-bond donors (Lipinski definition) is 0. The van der Waals surface area contributed by atoms with E-state index >= 15 is 0 Å². The molecule has 0 spiro atoms. The summed E-state index contributed by atoms with van der Waals surface area (Å²) in [5, 5.41) is 12.2. The number of thioether (sulfide) groups is 1. The highest BCUT2D eigenvalue weighted by molar-refractivity contribution is 7.98. The Balaban J connectivity index is 2.09. The largest absolute Gasteiger partial charge is 0.338 e. The predicted molar refractivity (Wildman–Crippen MR) is 58.3 cm³/mol. The van der Waals surface area contributed by atoms with E-state index in [2.05, 4.69) is 15.1 Å². The average molecular weight is 235 g/mol. The van der Waals surface area contributed by atoms with Crippen LogP contribution in [0.2, 0.25) is 0 Å². The van der Waals surface area contributed by atoms with Crippen molar-refractivity contribution in [1.29, 1.82) is 5.26 Å². The van der Waals surface area contributed by atoms with Crippen LogP contribution >= 0.6 is 11.8 Å². The Bertz CT molecular complexity index is 512. The van der Waals surface area contributed by atoms with Gasteiger partial charge in [0.1, 0.15) is 0 Å². The standard InChI is InChI=1S/C9H9N5OS/c1-14-4-3-11-9(14)8-12-7(15-13-8)6-16-5-2-10/h3-4H,5-6H2,1H3. The highest BCUT2D eigenvalue weighted by atomic mass is 32.2. The third-order valence-corrected chi connectivity index (χ3v) is 2.67. The second-order valence-corrected chi connectivity index (χ2v) is 4.01. The fraction of sp³-hybridized carbons (Fsp3) is 0.333. The Morgan fingerprint density at radius 1 is 1.62 bits per heavy atom. The van der Waals surface area contributed by atoms with Crippen molar-refractivity contribution in [2.45, 2.75) is 5.75 Å². The highest BCUT2D eigenvalue weighted by Crippen LogP contribution is 2.15. The molecule has 0 amide bonds. The summed E-state index contributed by atoms with van der Waals surface area (Å²) >= 11 is 1.44. The Kier molecular flexibility index (Phi) is 3.22. The third kappa shape index (κ3) is 2.23. The molecule has 2 aromatic rings. The van der Waals surface area contributed by atoms with Crippen LogP contribution in [0.15, 0.2) is 16.9 Å². The number of rotatable bonds is 4. The monoisotopic (exact) mass is 235 g/mol. The van der Waals surface area contributed by atoms with Gasteiger partial charge in [0.25, 0.3) is 0 Å². The molecule has 0 aliphatic heterocycles. The van der Waals surface area contributed by atoms with Crippen LogP contribution in [-0.2, 0) is 12.8 Å². The molecule has 0 fully saturated rings. The molecule has 0 bridgehead atoms. The summed E-state index contributed by atoms with van der Waals surface area (Å²) in [5.41, 5.74) is 0. The minimum absolute atomic E-state index is 0.417. The van der Waals surface area contributed by atoms with Crippen molar-refractivity contribution in [1.82, 2.24) is 19.7 Å². The van der Waals surface area contributed by atoms with Crippen LogP contribution in [0, 0.1) is 11.3 Å². The van der Waals surface area contributed by atoms with Crippen LogP contribution in [0.3, 0.4) is 0 Å². The van der Waals surface area contributed by atoms with Gasteiger partial charge in [0.15, 0.2) is 5.82 Å². The van der Waals surface area contributed by atoms with Gasteiger partial charge in [-0.15, -0.1) is 11.8 Å². The molecule has 0 aliphatic rings. The molecule has 7 heteroatoms. The maximum Gasteiger partial charge on any atom is 0.238 e. The quantitative estimate of drug-likeness (QED) is 0.741. The molecule has 0 saturated heterocycles. The molecular weight excluding hydrogens is 226 g/mol. The maximum atomic E-state index is 8.39. The van der Waals surface area contributed by atoms with E-state index in [0.29, 0.717) is 29.0 Å². The zero-order valence-electron chi connectivity index (χ0n) is 8.62. The highest BCUT2D eigenvalue weighted by Gasteiger charge is 2.11. The van der Waals surface area contributed by atoms with Gasteiger partial charge in [-0.3, -0.25) is 0 Å². The van der Waals surface area contributed by atoms with Gasteiger partial charge >= 0.3 is 0 Å². The first-order valence-corrected chi connectivity index (χ1v) is 5.71. The summed E-state index contributed by atoms with van der Waals surface area (Å²) in [5.74, 6) is 2.61. The number of nitrogens with zero attached hydrogens (tertiary/aromatic N) is 5. The Labute approximate surface area is 96.3 Å². The van der Waals surface area contributed by atoms with Gasteiger partial charge in [-0.1, -0.05) is 5.16 Å². The molecule has 0 unspecified atom stereocenters. The van der Waals surface area contributed by atoms with Crippen molar-refractivity contribution in [3.8, 4) is 17.7 Å². The van der Waals surface area contributed by atoms with Gasteiger partial charge in [-0.2, -0.15) is 10.2 Å². The van der Waals surface area contributed by atoms with E-state index in [4.69, 9.17) is 9.78 Å². The van der Waals surface area contributed by atoms with Gasteiger partial charge < -0.3 is 9.09 Å². The van der Waals surface area contributed by atoms with E-state index in [1.807, 2.05) is 23.9 Å². The average Bonchev–Trinajstić information content (AvgIpc) is 2.87. The van der Waals surface area contributed by atoms with E-state index in [1.54, 1.807) is 6.20 Å². The zero-order valence-corrected chi connectivity index (χ0v) is 9.44. The van der Waals surface area contributed by atoms with Gasteiger partial charge in [0, 0.05) is 19.4 Å². The molecule has 16 heavy (non-hydrogen) atoms. The smallest absolute Gasteiger partial charge is 0.238 e. The number of aromatic nitrogens is 4. The summed E-state index contributed by atoms with van der Waals surface area (Å²) in [6.07, 6.45) is 3.49. The van der Waals surface area contributed by atoms with Gasteiger partial charge in [0.2, 0.25) is 11.7 Å². The molecule has 0 N–H and O–H groups in total. The lowest BCUT2D eigenvalue weighted by atomic mass is 10.5. The van der Waals surface area contributed by atoms with E-state index in [9.17, 15) is 0 Å². The minimum Gasteiger partial charge on any atom is -0.338 e. The lowest BCUT2D eigenvalue weighted by Crippen LogP contribution is -1.93. The van der Waals surface area contributed by atoms with Crippen LogP contribution < -0.4 is 0 Å². The Hall–Kier alpha value is -1.81. The molecule has 0 aliphatic carbocycles. The number of imidazole rings is 1. The normalized spacial score (nSPS) is 10.2. The molecule has 6 nitrogen and oxygen atoms in total. The summed E-state index contributed by atoms with van der Waals surface area (Å²) in [6.45, 7) is 0. The first kappa shape index (κ1) is 10.7. The fourth-order valence-corrected chi connectivity index (χ4v) is 1.65. The van der Waals surface area contributed by atoms with E-state index in [1.165, 1.54) is 11.8 Å². The van der Waals surface area contributed by atoms with E-state index < -0.39 is 0 Å². The number of nitriles is 1. The minimum atomic E-state index is 0.417. The summed E-state index contributed by atoms with van der Waals surface area (Å²) in [7, 11) is 1.86. The second-order valence-electron chi connectivity index (χ2n) is 3.02. The molecule has 2 aromatic heterocycles. The lowest BCUT2D eigenvalue weighted by Gasteiger charge is -1.92. The lowest BCUT2D eigenvalue weighted by molar-refractivity contribution is 0.391. The van der Waals surface area contributed by atoms with Gasteiger partial charge in [-0.25, -0.2) is 4.98 Å². The third-order valence-electron chi connectivity index (χ3n) is 1.88. The molecular formula is C9H9N5OS. The van der Waals surface area contributed by atoms with Crippen molar-refractivity contribution in [2.75, 3.05) is 5.75 Å². The molecule has 2 rings (SSSR count). The van der Waals surface area contributed by atoms with Crippen LogP contribution in [0.5, 0.6) is 0 Å². The second kappa shape index (κ2) is 4.81. The summed E-state index contributed by atoms with van der Waals surface area (Å²) in [6, 6.07) is 2.04. The van der Waals surface area contributed by atoms with E-state index in [0.717, 1.165) is 0 Å². The predicted octanol–water partition coefficient (Wildman–Crippen LogP) is 1.23. The maximum absolute atomic E-state index is 8.39. The van der Waals surface area contributed by atoms with Crippen LogP contribution in [0.1, 0.15) is 5.89 Å². The van der Waals surface area contributed by atoms with Crippen molar-refractivity contribution in [3.05, 3.63) is 18.3 Å². The first-order chi connectivity index (χ1) is 7.81. The number of aryl methyl sites for hydroxylation is 1. The van der Waals surface area contributed by atoms with Crippen molar-refractivity contribution in [3.63, 3.8) is 0 Å². The molecule has 0 saturated carbocycles. The SMILES string of the molecule is Cn1ccnc1-c1noc(CSCC#N)n1. The van der Waals surface area contributed by atoms with E-state index in [-0.39, 0.29) is 0 Å². The number of hydrogen-bond acceptors (Lipinski definition) is 6. The first-order valence-electron chi connectivity index (χ1n) is 4.56. The summed E-state index contributed by atoms with van der Waals surface area (Å²) < 4.78 is 6.86. The van der Waals surface area contributed by atoms with Crippen molar-refractivity contribution >= 4 is 11.8 Å². The van der Waals surface area contributed by atoms with Crippen LogP contribution in [-0.4, -0.2) is 25.4 Å². The van der Waals surface area contributed by atoms with Crippen LogP contribution in [0.25, 0.3) is 11.6 Å². The van der Waals surface area contributed by atoms with Crippen LogP contribution in [0.4, 0.5) is 0 Å². The Morgan fingerprint density at radius 2 is 2.50 bits per heavy atom. The van der Waals surface area contributed by atoms with Gasteiger partial charge in [0.05, 0.1) is 17.6 Å². The molecule has 2 heterocycles. The fourth-order valence-electron chi connectivity index (χ4n) is 1.17. The topological polar surface area (TPSA) is 80.5 Å². The Morgan fingerprint density at radius 3 is 3.19 bits per heavy atom. The molecule has 0 aromatic carbocycles. The van der Waals surface area contributed by atoms with Gasteiger partial charge in [-0.05, 0) is 0 Å². The molecule has 82 valence electrons. The molecule has 0 atom stereocenters. The van der Waals surface area contributed by atoms with Crippen molar-refractivity contribution < 1.29 is 4.52 Å². The van der Waals surface area contributed by atoms with Crippen molar-refractivity contribution in [2.24, 2.45) is 7.05 Å². The molecule has 0 radical (unpaired) electrons.